The molecule has 0 saturated carbocycles. The summed E-state index contributed by atoms with van der Waals surface area (Å²) in [4.78, 5) is 4.21. The average Bonchev–Trinajstić information content (AvgIpc) is 2.52. The highest BCUT2D eigenvalue weighted by Crippen LogP contribution is 2.28. The molecule has 0 radical (unpaired) electrons. The van der Waals surface area contributed by atoms with Crippen LogP contribution >= 0.6 is 0 Å². The first kappa shape index (κ1) is 15.5. The van der Waals surface area contributed by atoms with Crippen molar-refractivity contribution in [1.29, 1.82) is 0 Å². The molecule has 21 heavy (non-hydrogen) atoms. The van der Waals surface area contributed by atoms with Crippen molar-refractivity contribution in [2.75, 3.05) is 13.7 Å². The van der Waals surface area contributed by atoms with Crippen molar-refractivity contribution in [2.24, 2.45) is 0 Å². The second-order valence-corrected chi connectivity index (χ2v) is 5.32. The highest BCUT2D eigenvalue weighted by molar-refractivity contribution is 5.40. The number of hydrogen-bond donors (Lipinski definition) is 1. The van der Waals surface area contributed by atoms with Gasteiger partial charge in [-0.2, -0.15) is 0 Å². The highest BCUT2D eigenvalue weighted by atomic mass is 16.5. The van der Waals surface area contributed by atoms with Crippen LogP contribution in [0.25, 0.3) is 0 Å². The van der Waals surface area contributed by atoms with Crippen LogP contribution in [-0.2, 0) is 6.42 Å². The van der Waals surface area contributed by atoms with Crippen molar-refractivity contribution in [1.82, 2.24) is 10.3 Å². The number of rotatable bonds is 7. The van der Waals surface area contributed by atoms with Gasteiger partial charge in [0.1, 0.15) is 5.75 Å². The first-order chi connectivity index (χ1) is 10.2. The third kappa shape index (κ3) is 4.30. The van der Waals surface area contributed by atoms with Gasteiger partial charge in [0.15, 0.2) is 0 Å². The summed E-state index contributed by atoms with van der Waals surface area (Å²) in [7, 11) is 1.74. The molecule has 2 rings (SSSR count). The van der Waals surface area contributed by atoms with Gasteiger partial charge in [-0.15, -0.1) is 0 Å². The van der Waals surface area contributed by atoms with Crippen molar-refractivity contribution in [3.63, 3.8) is 0 Å². The van der Waals surface area contributed by atoms with E-state index in [2.05, 4.69) is 48.4 Å². The van der Waals surface area contributed by atoms with E-state index in [1.54, 1.807) is 7.11 Å². The molecule has 1 heterocycles. The summed E-state index contributed by atoms with van der Waals surface area (Å²) in [6.07, 6.45) is 5.76. The fourth-order valence-corrected chi connectivity index (χ4v) is 2.47. The third-order valence-corrected chi connectivity index (χ3v) is 3.57. The van der Waals surface area contributed by atoms with Crippen LogP contribution in [0.1, 0.15) is 36.1 Å². The SMILES string of the molecule is CCCNC(Cc1cccnc1)c1ccc(C)cc1OC. The van der Waals surface area contributed by atoms with Gasteiger partial charge >= 0.3 is 0 Å². The Labute approximate surface area is 127 Å². The van der Waals surface area contributed by atoms with E-state index in [-0.39, 0.29) is 6.04 Å². The predicted molar refractivity (Wildman–Crippen MR) is 86.7 cm³/mol. The standard InChI is InChI=1S/C18H24N2O/c1-4-9-20-17(12-15-6-5-10-19-13-15)16-8-7-14(2)11-18(16)21-3/h5-8,10-11,13,17,20H,4,9,12H2,1-3H3. The molecule has 0 aliphatic carbocycles. The van der Waals surface area contributed by atoms with Gasteiger partial charge in [0.05, 0.1) is 7.11 Å². The smallest absolute Gasteiger partial charge is 0.123 e. The lowest BCUT2D eigenvalue weighted by Crippen LogP contribution is -2.24. The lowest BCUT2D eigenvalue weighted by atomic mass is 9.97. The van der Waals surface area contributed by atoms with Crippen LogP contribution in [-0.4, -0.2) is 18.6 Å². The van der Waals surface area contributed by atoms with E-state index in [4.69, 9.17) is 4.74 Å². The minimum absolute atomic E-state index is 0.240. The molecule has 1 aromatic heterocycles. The van der Waals surface area contributed by atoms with Crippen molar-refractivity contribution in [3.8, 4) is 5.75 Å². The number of aryl methyl sites for hydroxylation is 1. The molecule has 2 aromatic rings. The van der Waals surface area contributed by atoms with Gasteiger partial charge in [-0.05, 0) is 49.6 Å². The zero-order valence-electron chi connectivity index (χ0n) is 13.1. The maximum Gasteiger partial charge on any atom is 0.123 e. The summed E-state index contributed by atoms with van der Waals surface area (Å²) in [5.41, 5.74) is 3.65. The maximum atomic E-state index is 5.57. The molecule has 0 bridgehead atoms. The molecule has 1 unspecified atom stereocenters. The first-order valence-corrected chi connectivity index (χ1v) is 7.51. The predicted octanol–water partition coefficient (Wildman–Crippen LogP) is 3.68. The minimum atomic E-state index is 0.240. The molecule has 0 aliphatic heterocycles. The van der Waals surface area contributed by atoms with E-state index >= 15 is 0 Å². The molecular weight excluding hydrogens is 260 g/mol. The lowest BCUT2D eigenvalue weighted by molar-refractivity contribution is 0.397. The van der Waals surface area contributed by atoms with Crippen molar-refractivity contribution < 1.29 is 4.74 Å². The van der Waals surface area contributed by atoms with Crippen LogP contribution in [0.15, 0.2) is 42.7 Å². The number of benzene rings is 1. The van der Waals surface area contributed by atoms with E-state index in [1.165, 1.54) is 16.7 Å². The van der Waals surface area contributed by atoms with Gasteiger partial charge in [-0.25, -0.2) is 0 Å². The molecule has 0 aliphatic rings. The van der Waals surface area contributed by atoms with Crippen LogP contribution in [0.2, 0.25) is 0 Å². The Hall–Kier alpha value is -1.87. The summed E-state index contributed by atoms with van der Waals surface area (Å²) in [5.74, 6) is 0.951. The zero-order valence-corrected chi connectivity index (χ0v) is 13.1. The summed E-state index contributed by atoms with van der Waals surface area (Å²) in [5, 5.41) is 3.62. The second kappa shape index (κ2) is 7.79. The summed E-state index contributed by atoms with van der Waals surface area (Å²) < 4.78 is 5.57. The quantitative estimate of drug-likeness (QED) is 0.842. The van der Waals surface area contributed by atoms with E-state index in [0.717, 1.165) is 25.1 Å². The van der Waals surface area contributed by atoms with Crippen LogP contribution in [0.5, 0.6) is 5.75 Å². The molecule has 0 spiro atoms. The Balaban J connectivity index is 2.27. The van der Waals surface area contributed by atoms with Crippen molar-refractivity contribution >= 4 is 0 Å². The second-order valence-electron chi connectivity index (χ2n) is 5.32. The van der Waals surface area contributed by atoms with Crippen LogP contribution in [0.3, 0.4) is 0 Å². The molecule has 0 amide bonds. The summed E-state index contributed by atoms with van der Waals surface area (Å²) >= 11 is 0. The van der Waals surface area contributed by atoms with Gasteiger partial charge in [0.25, 0.3) is 0 Å². The molecule has 1 atom stereocenters. The molecule has 3 heteroatoms. The Morgan fingerprint density at radius 1 is 1.29 bits per heavy atom. The Kier molecular flexibility index (Phi) is 5.76. The van der Waals surface area contributed by atoms with Gasteiger partial charge in [0, 0.05) is 24.0 Å². The van der Waals surface area contributed by atoms with Gasteiger partial charge < -0.3 is 10.1 Å². The van der Waals surface area contributed by atoms with E-state index in [1.807, 2.05) is 18.5 Å². The van der Waals surface area contributed by atoms with E-state index in [0.29, 0.717) is 0 Å². The number of nitrogens with zero attached hydrogens (tertiary/aromatic N) is 1. The maximum absolute atomic E-state index is 5.57. The monoisotopic (exact) mass is 284 g/mol. The lowest BCUT2D eigenvalue weighted by Gasteiger charge is -2.21. The number of pyridine rings is 1. The molecule has 1 N–H and O–H groups in total. The largest absolute Gasteiger partial charge is 0.496 e. The molecular formula is C18H24N2O. The highest BCUT2D eigenvalue weighted by Gasteiger charge is 2.16. The van der Waals surface area contributed by atoms with Gasteiger partial charge in [0.2, 0.25) is 0 Å². The van der Waals surface area contributed by atoms with E-state index in [9.17, 15) is 0 Å². The van der Waals surface area contributed by atoms with Crippen molar-refractivity contribution in [3.05, 3.63) is 59.4 Å². The van der Waals surface area contributed by atoms with E-state index < -0.39 is 0 Å². The first-order valence-electron chi connectivity index (χ1n) is 7.51. The Morgan fingerprint density at radius 2 is 2.14 bits per heavy atom. The number of aromatic nitrogens is 1. The summed E-state index contributed by atoms with van der Waals surface area (Å²) in [6.45, 7) is 5.25. The van der Waals surface area contributed by atoms with Crippen LogP contribution in [0.4, 0.5) is 0 Å². The van der Waals surface area contributed by atoms with Gasteiger partial charge in [-0.3, -0.25) is 4.98 Å². The van der Waals surface area contributed by atoms with Crippen molar-refractivity contribution in [2.45, 2.75) is 32.7 Å². The molecule has 3 nitrogen and oxygen atoms in total. The van der Waals surface area contributed by atoms with Crippen LogP contribution < -0.4 is 10.1 Å². The average molecular weight is 284 g/mol. The topological polar surface area (TPSA) is 34.2 Å². The zero-order chi connectivity index (χ0) is 15.1. The normalized spacial score (nSPS) is 12.1. The summed E-state index contributed by atoms with van der Waals surface area (Å²) in [6, 6.07) is 10.7. The fourth-order valence-electron chi connectivity index (χ4n) is 2.47. The fraction of sp³-hybridized carbons (Fsp3) is 0.389. The van der Waals surface area contributed by atoms with Crippen LogP contribution in [0, 0.1) is 6.92 Å². The Bertz CT molecular complexity index is 554. The van der Waals surface area contributed by atoms with Gasteiger partial charge in [-0.1, -0.05) is 25.1 Å². The molecule has 1 aromatic carbocycles. The number of nitrogens with one attached hydrogen (secondary N) is 1. The molecule has 0 saturated heterocycles. The molecule has 112 valence electrons. The number of ether oxygens (including phenoxy) is 1. The number of methoxy groups -OCH3 is 1. The molecule has 0 fully saturated rings. The Morgan fingerprint density at radius 3 is 2.81 bits per heavy atom. The third-order valence-electron chi connectivity index (χ3n) is 3.57. The minimum Gasteiger partial charge on any atom is -0.496 e. The number of hydrogen-bond acceptors (Lipinski definition) is 3.